The molecule has 3 atom stereocenters. The van der Waals surface area contributed by atoms with Crippen LogP contribution in [0.15, 0.2) is 42.5 Å². The van der Waals surface area contributed by atoms with Gasteiger partial charge in [0.1, 0.15) is 18.0 Å². The molecule has 0 saturated heterocycles. The number of hydrogen-bond donors (Lipinski definition) is 2. The predicted octanol–water partition coefficient (Wildman–Crippen LogP) is 3.72. The summed E-state index contributed by atoms with van der Waals surface area (Å²) in [4.78, 5) is 0. The highest BCUT2D eigenvalue weighted by Gasteiger charge is 2.33. The molecule has 2 aromatic carbocycles. The van der Waals surface area contributed by atoms with E-state index in [4.69, 9.17) is 4.74 Å². The molecule has 5 heteroatoms. The van der Waals surface area contributed by atoms with Gasteiger partial charge in [0.05, 0.1) is 0 Å². The Balaban J connectivity index is 1.63. The van der Waals surface area contributed by atoms with Gasteiger partial charge in [-0.05, 0) is 43.9 Å². The Morgan fingerprint density at radius 1 is 1.12 bits per heavy atom. The van der Waals surface area contributed by atoms with Crippen molar-refractivity contribution in [2.75, 3.05) is 0 Å². The van der Waals surface area contributed by atoms with Crippen LogP contribution in [-0.2, 0) is 6.54 Å². The van der Waals surface area contributed by atoms with E-state index in [0.29, 0.717) is 0 Å². The molecule has 0 radical (unpaired) electrons. The second-order valence-corrected chi connectivity index (χ2v) is 6.54. The van der Waals surface area contributed by atoms with Crippen LogP contribution < -0.4 is 10.1 Å². The molecule has 2 aromatic rings. The van der Waals surface area contributed by atoms with Gasteiger partial charge >= 0.3 is 0 Å². The summed E-state index contributed by atoms with van der Waals surface area (Å²) in [5.74, 6) is -0.930. The number of aliphatic hydroxyl groups excluding tert-OH is 1. The van der Waals surface area contributed by atoms with Gasteiger partial charge in [0.2, 0.25) is 0 Å². The molecule has 0 aromatic heterocycles. The summed E-state index contributed by atoms with van der Waals surface area (Å²) in [6, 6.07) is 11.6. The third kappa shape index (κ3) is 4.17. The van der Waals surface area contributed by atoms with Gasteiger partial charge < -0.3 is 15.2 Å². The van der Waals surface area contributed by atoms with Gasteiger partial charge in [0.25, 0.3) is 0 Å². The standard InChI is InChI=1S/C20H23F2NO2/c1-13-6-2-3-10-17(13)25-18-11-5-9-16(20(18)24)23-12-14-7-4-8-15(21)19(14)22/h2-4,6-8,10,16,18,20,23-24H,5,9,11-12H2,1H3/t16-,18+,20+/m0/s1. The Labute approximate surface area is 146 Å². The summed E-state index contributed by atoms with van der Waals surface area (Å²) in [6.07, 6.45) is 1.42. The fourth-order valence-corrected chi connectivity index (χ4v) is 3.27. The van der Waals surface area contributed by atoms with E-state index in [1.165, 1.54) is 6.07 Å². The van der Waals surface area contributed by atoms with Crippen LogP contribution in [-0.4, -0.2) is 23.4 Å². The zero-order chi connectivity index (χ0) is 17.8. The molecule has 0 aliphatic heterocycles. The van der Waals surface area contributed by atoms with Crippen LogP contribution in [0.25, 0.3) is 0 Å². The smallest absolute Gasteiger partial charge is 0.163 e. The van der Waals surface area contributed by atoms with Gasteiger partial charge in [-0.15, -0.1) is 0 Å². The maximum atomic E-state index is 13.8. The lowest BCUT2D eigenvalue weighted by molar-refractivity contribution is -0.0161. The number of para-hydroxylation sites is 1. The lowest BCUT2D eigenvalue weighted by Crippen LogP contribution is -2.51. The molecule has 25 heavy (non-hydrogen) atoms. The molecule has 1 aliphatic rings. The lowest BCUT2D eigenvalue weighted by Gasteiger charge is -2.35. The number of halogens is 2. The molecule has 0 amide bonds. The van der Waals surface area contributed by atoms with E-state index in [2.05, 4.69) is 5.32 Å². The average molecular weight is 347 g/mol. The highest BCUT2D eigenvalue weighted by molar-refractivity contribution is 5.32. The number of hydrogen-bond acceptors (Lipinski definition) is 3. The van der Waals surface area contributed by atoms with Crippen molar-refractivity contribution in [1.82, 2.24) is 5.32 Å². The molecule has 134 valence electrons. The zero-order valence-corrected chi connectivity index (χ0v) is 14.2. The summed E-state index contributed by atoms with van der Waals surface area (Å²) in [6.45, 7) is 2.13. The third-order valence-electron chi connectivity index (χ3n) is 4.76. The summed E-state index contributed by atoms with van der Waals surface area (Å²) in [5, 5.41) is 13.8. The topological polar surface area (TPSA) is 41.5 Å². The van der Waals surface area contributed by atoms with Crippen LogP contribution in [0.4, 0.5) is 8.78 Å². The van der Waals surface area contributed by atoms with E-state index in [-0.39, 0.29) is 24.3 Å². The van der Waals surface area contributed by atoms with Crippen molar-refractivity contribution in [3.63, 3.8) is 0 Å². The molecule has 3 nitrogen and oxygen atoms in total. The Morgan fingerprint density at radius 3 is 2.72 bits per heavy atom. The first kappa shape index (κ1) is 17.8. The van der Waals surface area contributed by atoms with E-state index >= 15 is 0 Å². The first-order chi connectivity index (χ1) is 12.1. The number of ether oxygens (including phenoxy) is 1. The number of aryl methyl sites for hydroxylation is 1. The van der Waals surface area contributed by atoms with Gasteiger partial charge in [-0.2, -0.15) is 0 Å². The quantitative estimate of drug-likeness (QED) is 0.866. The Bertz CT molecular complexity index is 723. The summed E-state index contributed by atoms with van der Waals surface area (Å²) in [7, 11) is 0. The SMILES string of the molecule is Cc1ccccc1O[C@@H]1CCC[C@H](NCc2cccc(F)c2F)[C@H]1O. The molecule has 1 aliphatic carbocycles. The second kappa shape index (κ2) is 7.93. The molecule has 2 N–H and O–H groups in total. The number of aliphatic hydroxyl groups is 1. The van der Waals surface area contributed by atoms with Crippen LogP contribution in [0.3, 0.4) is 0 Å². The minimum absolute atomic E-state index is 0.169. The highest BCUT2D eigenvalue weighted by atomic mass is 19.2. The van der Waals surface area contributed by atoms with Crippen LogP contribution in [0, 0.1) is 18.6 Å². The van der Waals surface area contributed by atoms with Crippen LogP contribution >= 0.6 is 0 Å². The molecule has 1 saturated carbocycles. The van der Waals surface area contributed by atoms with E-state index < -0.39 is 17.7 Å². The minimum atomic E-state index is -0.857. The monoisotopic (exact) mass is 347 g/mol. The predicted molar refractivity (Wildman–Crippen MR) is 92.4 cm³/mol. The van der Waals surface area contributed by atoms with E-state index in [1.807, 2.05) is 31.2 Å². The molecule has 0 heterocycles. The maximum Gasteiger partial charge on any atom is 0.163 e. The fraction of sp³-hybridized carbons (Fsp3) is 0.400. The van der Waals surface area contributed by atoms with E-state index in [9.17, 15) is 13.9 Å². The molecule has 1 fully saturated rings. The average Bonchev–Trinajstić information content (AvgIpc) is 2.61. The third-order valence-corrected chi connectivity index (χ3v) is 4.76. The van der Waals surface area contributed by atoms with E-state index in [1.54, 1.807) is 6.07 Å². The first-order valence-electron chi connectivity index (χ1n) is 8.63. The van der Waals surface area contributed by atoms with Crippen molar-refractivity contribution in [2.45, 2.75) is 51.0 Å². The van der Waals surface area contributed by atoms with Crippen LogP contribution in [0.2, 0.25) is 0 Å². The zero-order valence-electron chi connectivity index (χ0n) is 14.2. The van der Waals surface area contributed by atoms with Gasteiger partial charge in [0.15, 0.2) is 11.6 Å². The van der Waals surface area contributed by atoms with Crippen molar-refractivity contribution in [3.05, 3.63) is 65.2 Å². The molecule has 0 bridgehead atoms. The Kier molecular flexibility index (Phi) is 5.66. The Morgan fingerprint density at radius 2 is 1.92 bits per heavy atom. The van der Waals surface area contributed by atoms with Crippen molar-refractivity contribution < 1.29 is 18.6 Å². The van der Waals surface area contributed by atoms with E-state index in [0.717, 1.165) is 36.6 Å². The second-order valence-electron chi connectivity index (χ2n) is 6.54. The number of rotatable bonds is 5. The molecular weight excluding hydrogens is 324 g/mol. The van der Waals surface area contributed by atoms with Crippen LogP contribution in [0.5, 0.6) is 5.75 Å². The van der Waals surface area contributed by atoms with Gasteiger partial charge in [-0.1, -0.05) is 30.3 Å². The minimum Gasteiger partial charge on any atom is -0.487 e. The number of nitrogens with one attached hydrogen (secondary N) is 1. The summed E-state index contributed by atoms with van der Waals surface area (Å²) < 4.78 is 33.1. The van der Waals surface area contributed by atoms with Crippen molar-refractivity contribution in [3.8, 4) is 5.75 Å². The van der Waals surface area contributed by atoms with Gasteiger partial charge in [0, 0.05) is 18.2 Å². The Hall–Kier alpha value is -1.98. The van der Waals surface area contributed by atoms with Gasteiger partial charge in [-0.25, -0.2) is 8.78 Å². The molecule has 0 spiro atoms. The van der Waals surface area contributed by atoms with Crippen LogP contribution in [0.1, 0.15) is 30.4 Å². The summed E-state index contributed by atoms with van der Waals surface area (Å²) in [5.41, 5.74) is 1.28. The normalized spacial score (nSPS) is 23.4. The summed E-state index contributed by atoms with van der Waals surface area (Å²) >= 11 is 0. The largest absolute Gasteiger partial charge is 0.487 e. The highest BCUT2D eigenvalue weighted by Crippen LogP contribution is 2.26. The lowest BCUT2D eigenvalue weighted by atomic mass is 9.89. The number of benzene rings is 2. The van der Waals surface area contributed by atoms with Crippen molar-refractivity contribution in [2.24, 2.45) is 0 Å². The fourth-order valence-electron chi connectivity index (χ4n) is 3.27. The molecule has 3 rings (SSSR count). The maximum absolute atomic E-state index is 13.8. The first-order valence-corrected chi connectivity index (χ1v) is 8.63. The van der Waals surface area contributed by atoms with Gasteiger partial charge in [-0.3, -0.25) is 0 Å². The molecular formula is C20H23F2NO2. The van der Waals surface area contributed by atoms with Crippen molar-refractivity contribution >= 4 is 0 Å². The van der Waals surface area contributed by atoms with Crippen molar-refractivity contribution in [1.29, 1.82) is 0 Å². The molecule has 0 unspecified atom stereocenters.